The Bertz CT molecular complexity index is 778. The smallest absolute Gasteiger partial charge is 0.119 e. The van der Waals surface area contributed by atoms with Crippen LogP contribution in [0.4, 0.5) is 0 Å². The maximum Gasteiger partial charge on any atom is 0.119 e. The van der Waals surface area contributed by atoms with Crippen LogP contribution in [-0.2, 0) is 24.4 Å². The molecule has 0 radical (unpaired) electrons. The molecule has 0 bridgehead atoms. The molecule has 3 aromatic heterocycles. The van der Waals surface area contributed by atoms with E-state index in [4.69, 9.17) is 9.15 Å². The second-order valence-corrected chi connectivity index (χ2v) is 6.44. The average Bonchev–Trinajstić information content (AvgIpc) is 3.27. The van der Waals surface area contributed by atoms with E-state index < -0.39 is 0 Å². The number of aromatic nitrogens is 3. The van der Waals surface area contributed by atoms with Crippen molar-refractivity contribution in [1.82, 2.24) is 20.3 Å². The highest BCUT2D eigenvalue weighted by atomic mass is 32.1. The Labute approximate surface area is 138 Å². The van der Waals surface area contributed by atoms with Crippen LogP contribution in [0.5, 0.6) is 0 Å². The molecule has 0 fully saturated rings. The third-order valence-corrected chi connectivity index (χ3v) is 4.62. The number of aryl methyl sites for hydroxylation is 1. The van der Waals surface area contributed by atoms with Crippen molar-refractivity contribution in [1.29, 1.82) is 0 Å². The van der Waals surface area contributed by atoms with Crippen molar-refractivity contribution < 1.29 is 9.15 Å². The van der Waals surface area contributed by atoms with Crippen LogP contribution in [0, 0.1) is 6.92 Å². The zero-order chi connectivity index (χ0) is 15.6. The lowest BCUT2D eigenvalue weighted by Gasteiger charge is -2.24. The summed E-state index contributed by atoms with van der Waals surface area (Å²) in [6.45, 7) is 4.68. The van der Waals surface area contributed by atoms with E-state index in [1.165, 1.54) is 0 Å². The molecule has 4 rings (SSSR count). The van der Waals surface area contributed by atoms with E-state index in [1.54, 1.807) is 11.3 Å². The van der Waals surface area contributed by atoms with Crippen molar-refractivity contribution >= 4 is 11.3 Å². The number of thiophene rings is 1. The molecule has 1 N–H and O–H groups in total. The molecule has 3 aromatic rings. The van der Waals surface area contributed by atoms with Gasteiger partial charge < -0.3 is 14.5 Å². The lowest BCUT2D eigenvalue weighted by molar-refractivity contribution is 0.00106. The van der Waals surface area contributed by atoms with E-state index >= 15 is 0 Å². The third-order valence-electron chi connectivity index (χ3n) is 3.93. The summed E-state index contributed by atoms with van der Waals surface area (Å²) in [5, 5.41) is 16.1. The van der Waals surface area contributed by atoms with Gasteiger partial charge in [-0.1, -0.05) is 5.21 Å². The van der Waals surface area contributed by atoms with Crippen molar-refractivity contribution in [3.63, 3.8) is 0 Å². The largest absolute Gasteiger partial charge is 0.465 e. The molecule has 23 heavy (non-hydrogen) atoms. The molecule has 1 aliphatic heterocycles. The number of rotatable bonds is 5. The van der Waals surface area contributed by atoms with Gasteiger partial charge in [-0.3, -0.25) is 0 Å². The normalized spacial score (nSPS) is 17.3. The van der Waals surface area contributed by atoms with Crippen molar-refractivity contribution in [3.8, 4) is 11.3 Å². The van der Waals surface area contributed by atoms with E-state index in [-0.39, 0.29) is 6.10 Å². The van der Waals surface area contributed by atoms with Gasteiger partial charge in [0.25, 0.3) is 0 Å². The summed E-state index contributed by atoms with van der Waals surface area (Å²) in [6, 6.07) is 6.03. The third kappa shape index (κ3) is 3.08. The lowest BCUT2D eigenvalue weighted by Crippen LogP contribution is -2.36. The Morgan fingerprint density at radius 2 is 2.35 bits per heavy atom. The number of nitrogens with zero attached hydrogens (tertiary/aromatic N) is 3. The maximum atomic E-state index is 5.95. The van der Waals surface area contributed by atoms with Gasteiger partial charge in [0, 0.05) is 17.5 Å². The van der Waals surface area contributed by atoms with Gasteiger partial charge in [-0.25, -0.2) is 4.68 Å². The zero-order valence-corrected chi connectivity index (χ0v) is 13.7. The minimum absolute atomic E-state index is 0.0931. The van der Waals surface area contributed by atoms with Gasteiger partial charge in [-0.2, -0.15) is 11.3 Å². The van der Waals surface area contributed by atoms with Crippen LogP contribution in [-0.4, -0.2) is 27.6 Å². The SMILES string of the molecule is Cc1ccc(CNC[C@@H]2Cn3nnc(-c4ccsc4)c3CO2)o1. The van der Waals surface area contributed by atoms with Crippen molar-refractivity contribution in [3.05, 3.63) is 46.2 Å². The molecular formula is C16H18N4O2S. The van der Waals surface area contributed by atoms with Gasteiger partial charge in [-0.15, -0.1) is 5.10 Å². The van der Waals surface area contributed by atoms with Crippen LogP contribution in [0.25, 0.3) is 11.3 Å². The number of ether oxygens (including phenoxy) is 1. The molecule has 0 aromatic carbocycles. The molecule has 0 saturated carbocycles. The van der Waals surface area contributed by atoms with Crippen LogP contribution in [0.2, 0.25) is 0 Å². The average molecular weight is 330 g/mol. The highest BCUT2D eigenvalue weighted by molar-refractivity contribution is 7.08. The van der Waals surface area contributed by atoms with E-state index in [2.05, 4.69) is 27.1 Å². The van der Waals surface area contributed by atoms with Gasteiger partial charge in [-0.05, 0) is 30.5 Å². The standard InChI is InChI=1S/C16H18N4O2S/c1-11-2-3-13(22-11)6-17-7-14-8-20-15(9-21-14)16(18-19-20)12-4-5-23-10-12/h2-5,10,14,17H,6-9H2,1H3/t14-/m1/s1. The van der Waals surface area contributed by atoms with Gasteiger partial charge in [0.1, 0.15) is 17.2 Å². The summed E-state index contributed by atoms with van der Waals surface area (Å²) >= 11 is 1.66. The maximum absolute atomic E-state index is 5.95. The van der Waals surface area contributed by atoms with E-state index in [0.29, 0.717) is 13.2 Å². The first-order valence-electron chi connectivity index (χ1n) is 7.62. The topological polar surface area (TPSA) is 65.1 Å². The fourth-order valence-corrected chi connectivity index (χ4v) is 3.39. The van der Waals surface area contributed by atoms with Crippen LogP contribution in [0.3, 0.4) is 0 Å². The molecule has 0 saturated heterocycles. The molecular weight excluding hydrogens is 312 g/mol. The molecule has 0 amide bonds. The summed E-state index contributed by atoms with van der Waals surface area (Å²) in [4.78, 5) is 0. The quantitative estimate of drug-likeness (QED) is 0.779. The van der Waals surface area contributed by atoms with Crippen LogP contribution >= 0.6 is 11.3 Å². The predicted molar refractivity (Wildman–Crippen MR) is 87.1 cm³/mol. The first-order valence-corrected chi connectivity index (χ1v) is 8.56. The number of furan rings is 1. The van der Waals surface area contributed by atoms with Crippen molar-refractivity contribution in [2.45, 2.75) is 32.7 Å². The Morgan fingerprint density at radius 3 is 3.13 bits per heavy atom. The van der Waals surface area contributed by atoms with E-state index in [1.807, 2.05) is 29.1 Å². The second kappa shape index (κ2) is 6.27. The van der Waals surface area contributed by atoms with Crippen LogP contribution in [0.15, 0.2) is 33.4 Å². The number of hydrogen-bond donors (Lipinski definition) is 1. The highest BCUT2D eigenvalue weighted by Gasteiger charge is 2.24. The van der Waals surface area contributed by atoms with E-state index in [0.717, 1.165) is 41.6 Å². The Balaban J connectivity index is 1.36. The van der Waals surface area contributed by atoms with Crippen molar-refractivity contribution in [2.75, 3.05) is 6.54 Å². The van der Waals surface area contributed by atoms with Gasteiger partial charge in [0.2, 0.25) is 0 Å². The minimum Gasteiger partial charge on any atom is -0.465 e. The Morgan fingerprint density at radius 1 is 1.39 bits per heavy atom. The number of fused-ring (bicyclic) bond motifs is 1. The van der Waals surface area contributed by atoms with Crippen molar-refractivity contribution in [2.24, 2.45) is 0 Å². The molecule has 0 spiro atoms. The Hall–Kier alpha value is -1.96. The van der Waals surface area contributed by atoms with Crippen LogP contribution in [0.1, 0.15) is 17.2 Å². The summed E-state index contributed by atoms with van der Waals surface area (Å²) in [7, 11) is 0. The summed E-state index contributed by atoms with van der Waals surface area (Å²) in [5.41, 5.74) is 3.11. The zero-order valence-electron chi connectivity index (χ0n) is 12.9. The Kier molecular flexibility index (Phi) is 3.99. The summed E-state index contributed by atoms with van der Waals surface area (Å²) in [6.07, 6.45) is 0.0931. The minimum atomic E-state index is 0.0931. The number of hydrogen-bond acceptors (Lipinski definition) is 6. The molecule has 6 nitrogen and oxygen atoms in total. The lowest BCUT2D eigenvalue weighted by atomic mass is 10.2. The van der Waals surface area contributed by atoms with E-state index in [9.17, 15) is 0 Å². The van der Waals surface area contributed by atoms with Crippen LogP contribution < -0.4 is 5.32 Å². The molecule has 0 unspecified atom stereocenters. The highest BCUT2D eigenvalue weighted by Crippen LogP contribution is 2.26. The predicted octanol–water partition coefficient (Wildman–Crippen LogP) is 2.60. The molecule has 0 aliphatic carbocycles. The molecule has 120 valence electrons. The van der Waals surface area contributed by atoms with Gasteiger partial charge in [0.15, 0.2) is 0 Å². The molecule has 4 heterocycles. The fourth-order valence-electron chi connectivity index (χ4n) is 2.75. The summed E-state index contributed by atoms with van der Waals surface area (Å²) in [5.74, 6) is 1.88. The number of nitrogens with one attached hydrogen (secondary N) is 1. The molecule has 7 heteroatoms. The molecule has 1 aliphatic rings. The van der Waals surface area contributed by atoms with Gasteiger partial charge in [0.05, 0.1) is 31.5 Å². The summed E-state index contributed by atoms with van der Waals surface area (Å²) < 4.78 is 13.5. The van der Waals surface area contributed by atoms with Gasteiger partial charge >= 0.3 is 0 Å². The first-order chi connectivity index (χ1) is 11.3. The second-order valence-electron chi connectivity index (χ2n) is 5.66. The molecule has 1 atom stereocenters. The monoisotopic (exact) mass is 330 g/mol. The fraction of sp³-hybridized carbons (Fsp3) is 0.375. The first kappa shape index (κ1) is 14.6.